The summed E-state index contributed by atoms with van der Waals surface area (Å²) in [6.07, 6.45) is -0.135. The fourth-order valence-electron chi connectivity index (χ4n) is 2.86. The maximum Gasteiger partial charge on any atom is 0.411 e. The lowest BCUT2D eigenvalue weighted by Crippen LogP contribution is -2.43. The van der Waals surface area contributed by atoms with Crippen molar-refractivity contribution in [1.82, 2.24) is 10.4 Å². The van der Waals surface area contributed by atoms with Crippen LogP contribution in [0.15, 0.2) is 0 Å². The van der Waals surface area contributed by atoms with Crippen LogP contribution in [0.2, 0.25) is 0 Å². The van der Waals surface area contributed by atoms with E-state index in [-0.39, 0.29) is 12.7 Å². The van der Waals surface area contributed by atoms with Gasteiger partial charge in [0.15, 0.2) is 0 Å². The highest BCUT2D eigenvalue weighted by molar-refractivity contribution is 4.77. The second-order valence-corrected chi connectivity index (χ2v) is 6.13. The lowest BCUT2D eigenvalue weighted by atomic mass is 9.94. The first-order valence-electron chi connectivity index (χ1n) is 8.85. The van der Waals surface area contributed by atoms with E-state index in [4.69, 9.17) is 14.6 Å². The molecular formula is C16H31F3N2O3. The molecule has 5 nitrogen and oxygen atoms in total. The number of rotatable bonds is 12. The van der Waals surface area contributed by atoms with Gasteiger partial charge in [0.2, 0.25) is 0 Å². The van der Waals surface area contributed by atoms with Gasteiger partial charge in [-0.25, -0.2) is 5.01 Å². The summed E-state index contributed by atoms with van der Waals surface area (Å²) in [6, 6.07) is 0. The van der Waals surface area contributed by atoms with Crippen LogP contribution in [0, 0.1) is 0 Å². The fourth-order valence-corrected chi connectivity index (χ4v) is 2.86. The molecule has 0 bridgehead atoms. The molecule has 24 heavy (non-hydrogen) atoms. The molecule has 0 radical (unpaired) electrons. The molecule has 1 aliphatic rings. The summed E-state index contributed by atoms with van der Waals surface area (Å²) in [4.78, 5) is 0. The van der Waals surface area contributed by atoms with Crippen LogP contribution in [-0.2, 0) is 9.47 Å². The van der Waals surface area contributed by atoms with Crippen LogP contribution < -0.4 is 5.43 Å². The number of ether oxygens (including phenoxy) is 2. The molecule has 2 N–H and O–H groups in total. The maximum atomic E-state index is 12.3. The van der Waals surface area contributed by atoms with E-state index in [1.165, 1.54) is 0 Å². The molecule has 2 atom stereocenters. The summed E-state index contributed by atoms with van der Waals surface area (Å²) in [6.45, 7) is 3.67. The van der Waals surface area contributed by atoms with E-state index >= 15 is 0 Å². The predicted octanol–water partition coefficient (Wildman–Crippen LogP) is 2.49. The monoisotopic (exact) mass is 356 g/mol. The van der Waals surface area contributed by atoms with Crippen molar-refractivity contribution in [2.45, 2.75) is 63.8 Å². The second-order valence-electron chi connectivity index (χ2n) is 6.13. The summed E-state index contributed by atoms with van der Waals surface area (Å²) in [5.74, 6) is 0. The molecule has 144 valence electrons. The van der Waals surface area contributed by atoms with Gasteiger partial charge in [-0.2, -0.15) is 13.2 Å². The van der Waals surface area contributed by atoms with Crippen molar-refractivity contribution >= 4 is 0 Å². The Labute approximate surface area is 142 Å². The number of alkyl halides is 3. The minimum atomic E-state index is -4.29. The predicted molar refractivity (Wildman–Crippen MR) is 85.6 cm³/mol. The number of hydrazine groups is 1. The van der Waals surface area contributed by atoms with E-state index in [9.17, 15) is 13.2 Å². The van der Waals surface area contributed by atoms with Gasteiger partial charge < -0.3 is 14.6 Å². The van der Waals surface area contributed by atoms with Crippen molar-refractivity contribution in [2.75, 3.05) is 39.5 Å². The third-order valence-electron chi connectivity index (χ3n) is 3.95. The second kappa shape index (κ2) is 12.0. The van der Waals surface area contributed by atoms with Crippen molar-refractivity contribution in [3.63, 3.8) is 0 Å². The Kier molecular flexibility index (Phi) is 10.8. The zero-order valence-electron chi connectivity index (χ0n) is 14.5. The van der Waals surface area contributed by atoms with E-state index in [1.807, 2.05) is 5.01 Å². The molecular weight excluding hydrogens is 325 g/mol. The molecule has 1 aliphatic carbocycles. The van der Waals surface area contributed by atoms with E-state index < -0.39 is 18.9 Å². The molecule has 1 rings (SSSR count). The number of nitrogens with zero attached hydrogens (tertiary/aromatic N) is 1. The van der Waals surface area contributed by atoms with Gasteiger partial charge in [-0.3, -0.25) is 5.43 Å². The first-order chi connectivity index (χ1) is 11.5. The Bertz CT molecular complexity index is 319. The van der Waals surface area contributed by atoms with Crippen molar-refractivity contribution in [3.8, 4) is 0 Å². The van der Waals surface area contributed by atoms with Gasteiger partial charge in [0.05, 0.1) is 18.8 Å². The molecule has 0 saturated heterocycles. The van der Waals surface area contributed by atoms with E-state index in [0.717, 1.165) is 38.8 Å². The highest BCUT2D eigenvalue weighted by atomic mass is 19.4. The maximum absolute atomic E-state index is 12.3. The Hall–Kier alpha value is -0.410. The van der Waals surface area contributed by atoms with Gasteiger partial charge in [0, 0.05) is 26.2 Å². The Morgan fingerprint density at radius 2 is 1.79 bits per heavy atom. The molecule has 1 fully saturated rings. The molecule has 8 heteroatoms. The molecule has 0 spiro atoms. The molecule has 0 aromatic rings. The molecule has 0 aromatic heterocycles. The minimum absolute atomic E-state index is 0.151. The largest absolute Gasteiger partial charge is 0.411 e. The summed E-state index contributed by atoms with van der Waals surface area (Å²) in [5, 5.41) is 10.9. The third kappa shape index (κ3) is 9.78. The van der Waals surface area contributed by atoms with Gasteiger partial charge in [-0.05, 0) is 25.7 Å². The Morgan fingerprint density at radius 3 is 2.38 bits per heavy atom. The van der Waals surface area contributed by atoms with Crippen LogP contribution in [0.1, 0.15) is 45.4 Å². The normalized spacial score (nSPS) is 22.2. The van der Waals surface area contributed by atoms with Gasteiger partial charge in [0.1, 0.15) is 6.61 Å². The number of hydrogen-bond acceptors (Lipinski definition) is 5. The molecule has 0 aliphatic heterocycles. The van der Waals surface area contributed by atoms with Crippen LogP contribution in [-0.4, -0.2) is 68.0 Å². The summed E-state index contributed by atoms with van der Waals surface area (Å²) >= 11 is 0. The first-order valence-corrected chi connectivity index (χ1v) is 8.85. The topological polar surface area (TPSA) is 54.0 Å². The van der Waals surface area contributed by atoms with Gasteiger partial charge >= 0.3 is 6.18 Å². The molecule has 1 saturated carbocycles. The quantitative estimate of drug-likeness (QED) is 0.416. The molecule has 2 unspecified atom stereocenters. The number of aliphatic hydroxyl groups is 1. The highest BCUT2D eigenvalue weighted by Gasteiger charge is 2.33. The standard InChI is InChI=1S/C16H31F3N2O3/c1-2-9-21(10-5-11-22)20-8-12-23-14-6-3-4-7-15(14)24-13-16(17,18)19/h14-15,20,22H,2-13H2,1H3. The molecule has 0 aromatic carbocycles. The SMILES string of the molecule is CCCN(CCCO)NCCOC1CCCCC1OCC(F)(F)F. The van der Waals surface area contributed by atoms with Crippen molar-refractivity contribution in [2.24, 2.45) is 0 Å². The van der Waals surface area contributed by atoms with Crippen molar-refractivity contribution in [3.05, 3.63) is 0 Å². The van der Waals surface area contributed by atoms with Gasteiger partial charge in [-0.1, -0.05) is 19.8 Å². The van der Waals surface area contributed by atoms with Crippen molar-refractivity contribution < 1.29 is 27.8 Å². The third-order valence-corrected chi connectivity index (χ3v) is 3.95. The Balaban J connectivity index is 2.27. The number of halogens is 3. The zero-order chi connectivity index (χ0) is 17.8. The number of aliphatic hydroxyl groups excluding tert-OH is 1. The highest BCUT2D eigenvalue weighted by Crippen LogP contribution is 2.26. The van der Waals surface area contributed by atoms with Crippen LogP contribution >= 0.6 is 0 Å². The summed E-state index contributed by atoms with van der Waals surface area (Å²) in [5.41, 5.74) is 3.24. The van der Waals surface area contributed by atoms with E-state index in [2.05, 4.69) is 12.3 Å². The lowest BCUT2D eigenvalue weighted by Gasteiger charge is -2.32. The molecule has 0 amide bonds. The van der Waals surface area contributed by atoms with Crippen LogP contribution in [0.25, 0.3) is 0 Å². The van der Waals surface area contributed by atoms with E-state index in [1.54, 1.807) is 0 Å². The smallest absolute Gasteiger partial charge is 0.396 e. The lowest BCUT2D eigenvalue weighted by molar-refractivity contribution is -0.202. The zero-order valence-corrected chi connectivity index (χ0v) is 14.5. The van der Waals surface area contributed by atoms with Crippen LogP contribution in [0.5, 0.6) is 0 Å². The minimum Gasteiger partial charge on any atom is -0.396 e. The van der Waals surface area contributed by atoms with Gasteiger partial charge in [-0.15, -0.1) is 0 Å². The first kappa shape index (κ1) is 21.6. The van der Waals surface area contributed by atoms with E-state index in [0.29, 0.717) is 26.0 Å². The fraction of sp³-hybridized carbons (Fsp3) is 1.00. The average Bonchev–Trinajstić information content (AvgIpc) is 2.54. The average molecular weight is 356 g/mol. The summed E-state index contributed by atoms with van der Waals surface area (Å²) < 4.78 is 47.7. The number of nitrogens with one attached hydrogen (secondary N) is 1. The van der Waals surface area contributed by atoms with Crippen LogP contribution in [0.3, 0.4) is 0 Å². The van der Waals surface area contributed by atoms with Gasteiger partial charge in [0.25, 0.3) is 0 Å². The Morgan fingerprint density at radius 1 is 1.12 bits per heavy atom. The number of hydrogen-bond donors (Lipinski definition) is 2. The summed E-state index contributed by atoms with van der Waals surface area (Å²) in [7, 11) is 0. The van der Waals surface area contributed by atoms with Crippen LogP contribution in [0.4, 0.5) is 13.2 Å². The molecule has 0 heterocycles. The van der Waals surface area contributed by atoms with Crippen molar-refractivity contribution in [1.29, 1.82) is 0 Å².